The first-order valence-electron chi connectivity index (χ1n) is 11.7. The molecule has 9 nitrogen and oxygen atoms in total. The van der Waals surface area contributed by atoms with Crippen molar-refractivity contribution in [3.05, 3.63) is 59.2 Å². The lowest BCUT2D eigenvalue weighted by Gasteiger charge is -2.21. The summed E-state index contributed by atoms with van der Waals surface area (Å²) in [7, 11) is 0. The van der Waals surface area contributed by atoms with E-state index in [2.05, 4.69) is 10.6 Å². The molecule has 0 bridgehead atoms. The van der Waals surface area contributed by atoms with Crippen LogP contribution in [0, 0.1) is 5.92 Å². The summed E-state index contributed by atoms with van der Waals surface area (Å²) in [5.41, 5.74) is 1.20. The molecule has 2 aromatic rings. The van der Waals surface area contributed by atoms with Gasteiger partial charge >= 0.3 is 5.97 Å². The standard InChI is InChI=1S/C26H27N3O6/c1-16(30)28-19-8-10-20(11-9-19)29-24(32)21-12-7-18(13-22(21)25(29)33)26(34)35-15-23(31)27-14-17-5-3-2-4-6-17/h7-13,17H,2-6,14-15H2,1H3,(H,27,31)(H,28,30). The number of imide groups is 1. The average Bonchev–Trinajstić information content (AvgIpc) is 3.11. The Bertz CT molecular complexity index is 1170. The lowest BCUT2D eigenvalue weighted by molar-refractivity contribution is -0.124. The van der Waals surface area contributed by atoms with Crippen LogP contribution in [0.5, 0.6) is 0 Å². The molecule has 1 aliphatic carbocycles. The van der Waals surface area contributed by atoms with Gasteiger partial charge in [0.2, 0.25) is 5.91 Å². The highest BCUT2D eigenvalue weighted by Crippen LogP contribution is 2.30. The van der Waals surface area contributed by atoms with Crippen LogP contribution in [0.25, 0.3) is 0 Å². The van der Waals surface area contributed by atoms with Crippen molar-refractivity contribution in [2.45, 2.75) is 39.0 Å². The van der Waals surface area contributed by atoms with E-state index in [1.807, 2.05) is 0 Å². The smallest absolute Gasteiger partial charge is 0.338 e. The van der Waals surface area contributed by atoms with Gasteiger partial charge in [-0.05, 0) is 61.2 Å². The summed E-state index contributed by atoms with van der Waals surface area (Å²) in [6, 6.07) is 10.4. The molecule has 0 radical (unpaired) electrons. The maximum atomic E-state index is 13.0. The minimum atomic E-state index is -0.751. The Morgan fingerprint density at radius 1 is 0.943 bits per heavy atom. The molecule has 2 N–H and O–H groups in total. The normalized spacial score (nSPS) is 15.5. The second kappa shape index (κ2) is 10.5. The summed E-state index contributed by atoms with van der Waals surface area (Å²) in [5.74, 6) is -1.98. The van der Waals surface area contributed by atoms with Crippen LogP contribution in [0.2, 0.25) is 0 Å². The van der Waals surface area contributed by atoms with Gasteiger partial charge in [0.1, 0.15) is 0 Å². The summed E-state index contributed by atoms with van der Waals surface area (Å²) in [6.07, 6.45) is 5.78. The van der Waals surface area contributed by atoms with Crippen LogP contribution < -0.4 is 15.5 Å². The van der Waals surface area contributed by atoms with Crippen molar-refractivity contribution in [2.75, 3.05) is 23.4 Å². The lowest BCUT2D eigenvalue weighted by atomic mass is 9.89. The van der Waals surface area contributed by atoms with E-state index in [4.69, 9.17) is 4.74 Å². The number of rotatable bonds is 7. The molecule has 0 unspecified atom stereocenters. The highest BCUT2D eigenvalue weighted by Gasteiger charge is 2.37. The first-order valence-corrected chi connectivity index (χ1v) is 11.7. The Kier molecular flexibility index (Phi) is 7.24. The zero-order valence-electron chi connectivity index (χ0n) is 19.5. The van der Waals surface area contributed by atoms with E-state index in [0.29, 0.717) is 23.8 Å². The van der Waals surface area contributed by atoms with Gasteiger partial charge in [0.05, 0.1) is 22.4 Å². The molecule has 1 saturated carbocycles. The molecule has 0 aromatic heterocycles. The predicted molar refractivity (Wildman–Crippen MR) is 128 cm³/mol. The van der Waals surface area contributed by atoms with Crippen LogP contribution >= 0.6 is 0 Å². The Morgan fingerprint density at radius 3 is 2.31 bits per heavy atom. The molecule has 182 valence electrons. The maximum absolute atomic E-state index is 13.0. The van der Waals surface area contributed by atoms with Crippen molar-refractivity contribution in [3.63, 3.8) is 0 Å². The summed E-state index contributed by atoms with van der Waals surface area (Å²) in [5, 5.41) is 5.43. The van der Waals surface area contributed by atoms with Crippen LogP contribution in [-0.4, -0.2) is 42.7 Å². The fourth-order valence-corrected chi connectivity index (χ4v) is 4.41. The van der Waals surface area contributed by atoms with Crippen molar-refractivity contribution in [1.29, 1.82) is 0 Å². The van der Waals surface area contributed by atoms with E-state index in [0.717, 1.165) is 17.7 Å². The fraction of sp³-hybridized carbons (Fsp3) is 0.346. The lowest BCUT2D eigenvalue weighted by Crippen LogP contribution is -2.33. The Morgan fingerprint density at radius 2 is 1.63 bits per heavy atom. The first kappa shape index (κ1) is 24.1. The van der Waals surface area contributed by atoms with Crippen LogP contribution in [0.15, 0.2) is 42.5 Å². The van der Waals surface area contributed by atoms with E-state index in [-0.39, 0.29) is 28.5 Å². The zero-order chi connectivity index (χ0) is 24.9. The molecule has 35 heavy (non-hydrogen) atoms. The molecule has 0 atom stereocenters. The third-order valence-corrected chi connectivity index (χ3v) is 6.22. The first-order chi connectivity index (χ1) is 16.8. The van der Waals surface area contributed by atoms with Crippen LogP contribution in [-0.2, 0) is 14.3 Å². The third kappa shape index (κ3) is 5.56. The molecule has 4 rings (SSSR count). The Labute approximate surface area is 202 Å². The number of carbonyl (C=O) groups is 5. The third-order valence-electron chi connectivity index (χ3n) is 6.22. The molecule has 0 spiro atoms. The number of benzene rings is 2. The molecule has 1 heterocycles. The van der Waals surface area contributed by atoms with Gasteiger partial charge in [-0.15, -0.1) is 0 Å². The minimum absolute atomic E-state index is 0.0767. The monoisotopic (exact) mass is 477 g/mol. The van der Waals surface area contributed by atoms with Gasteiger partial charge in [-0.2, -0.15) is 0 Å². The summed E-state index contributed by atoms with van der Waals surface area (Å²) < 4.78 is 5.11. The van der Waals surface area contributed by atoms with Crippen LogP contribution in [0.3, 0.4) is 0 Å². The van der Waals surface area contributed by atoms with Gasteiger partial charge in [0.25, 0.3) is 17.7 Å². The predicted octanol–water partition coefficient (Wildman–Crippen LogP) is 3.30. The van der Waals surface area contributed by atoms with E-state index >= 15 is 0 Å². The van der Waals surface area contributed by atoms with Gasteiger partial charge in [0, 0.05) is 19.2 Å². The minimum Gasteiger partial charge on any atom is -0.452 e. The van der Waals surface area contributed by atoms with Gasteiger partial charge in [-0.1, -0.05) is 19.3 Å². The number of ether oxygens (including phenoxy) is 1. The van der Waals surface area contributed by atoms with E-state index in [1.165, 1.54) is 44.4 Å². The number of anilines is 2. The number of carbonyl (C=O) groups excluding carboxylic acids is 5. The van der Waals surface area contributed by atoms with Crippen molar-refractivity contribution in [2.24, 2.45) is 5.92 Å². The van der Waals surface area contributed by atoms with Gasteiger partial charge in [-0.3, -0.25) is 19.2 Å². The number of nitrogens with zero attached hydrogens (tertiary/aromatic N) is 1. The second-order valence-corrected chi connectivity index (χ2v) is 8.82. The molecule has 2 aliphatic rings. The van der Waals surface area contributed by atoms with Crippen molar-refractivity contribution in [3.8, 4) is 0 Å². The molecule has 1 fully saturated rings. The maximum Gasteiger partial charge on any atom is 0.338 e. The summed E-state index contributed by atoms with van der Waals surface area (Å²) in [6.45, 7) is 1.54. The van der Waals surface area contributed by atoms with Gasteiger partial charge < -0.3 is 15.4 Å². The largest absolute Gasteiger partial charge is 0.452 e. The Balaban J connectivity index is 1.37. The van der Waals surface area contributed by atoms with Crippen LogP contribution in [0.4, 0.5) is 11.4 Å². The molecule has 1 aliphatic heterocycles. The van der Waals surface area contributed by atoms with Crippen molar-refractivity contribution >= 4 is 41.0 Å². The van der Waals surface area contributed by atoms with Gasteiger partial charge in [0.15, 0.2) is 6.61 Å². The quantitative estimate of drug-likeness (QED) is 0.466. The number of nitrogens with one attached hydrogen (secondary N) is 2. The van der Waals surface area contributed by atoms with Crippen molar-refractivity contribution in [1.82, 2.24) is 5.32 Å². The molecular formula is C26H27N3O6. The number of hydrogen-bond acceptors (Lipinski definition) is 6. The summed E-state index contributed by atoms with van der Waals surface area (Å²) >= 11 is 0. The summed E-state index contributed by atoms with van der Waals surface area (Å²) in [4.78, 5) is 62.5. The molecule has 0 saturated heterocycles. The van der Waals surface area contributed by atoms with Crippen LogP contribution in [0.1, 0.15) is 70.1 Å². The van der Waals surface area contributed by atoms with E-state index in [1.54, 1.807) is 24.3 Å². The van der Waals surface area contributed by atoms with Gasteiger partial charge in [-0.25, -0.2) is 9.69 Å². The average molecular weight is 478 g/mol. The molecule has 9 heteroatoms. The number of amides is 4. The van der Waals surface area contributed by atoms with E-state index in [9.17, 15) is 24.0 Å². The number of hydrogen-bond donors (Lipinski definition) is 2. The second-order valence-electron chi connectivity index (χ2n) is 8.82. The topological polar surface area (TPSA) is 122 Å². The highest BCUT2D eigenvalue weighted by molar-refractivity contribution is 6.34. The highest BCUT2D eigenvalue weighted by atomic mass is 16.5. The fourth-order valence-electron chi connectivity index (χ4n) is 4.41. The molecule has 2 aromatic carbocycles. The molecule has 4 amide bonds. The SMILES string of the molecule is CC(=O)Nc1ccc(N2C(=O)c3ccc(C(=O)OCC(=O)NCC4CCCCC4)cc3C2=O)cc1. The molecular weight excluding hydrogens is 450 g/mol. The number of fused-ring (bicyclic) bond motifs is 1. The van der Waals surface area contributed by atoms with Crippen molar-refractivity contribution < 1.29 is 28.7 Å². The Hall–Kier alpha value is -4.01. The number of esters is 1. The zero-order valence-corrected chi connectivity index (χ0v) is 19.5. The van der Waals surface area contributed by atoms with E-state index < -0.39 is 24.4 Å².